The zero-order valence-corrected chi connectivity index (χ0v) is 16.7. The van der Waals surface area contributed by atoms with E-state index in [1.165, 1.54) is 0 Å². The van der Waals surface area contributed by atoms with Crippen LogP contribution >= 0.6 is 0 Å². The summed E-state index contributed by atoms with van der Waals surface area (Å²) in [6, 6.07) is 7.71. The number of aromatic amines is 1. The number of aromatic nitrogens is 5. The van der Waals surface area contributed by atoms with Gasteiger partial charge in [-0.25, -0.2) is 0 Å². The van der Waals surface area contributed by atoms with Crippen molar-refractivity contribution in [1.82, 2.24) is 30.7 Å². The van der Waals surface area contributed by atoms with E-state index in [1.807, 2.05) is 36.7 Å². The molecule has 146 valence electrons. The Morgan fingerprint density at radius 2 is 1.64 bits per heavy atom. The molecule has 0 amide bonds. The van der Waals surface area contributed by atoms with Crippen molar-refractivity contribution in [1.29, 1.82) is 0 Å². The van der Waals surface area contributed by atoms with E-state index in [-0.39, 0.29) is 17.2 Å². The first-order valence-electron chi connectivity index (χ1n) is 9.55. The summed E-state index contributed by atoms with van der Waals surface area (Å²) in [5.74, 6) is 0.553. The molecule has 3 aromatic rings. The fourth-order valence-corrected chi connectivity index (χ4v) is 4.13. The van der Waals surface area contributed by atoms with Gasteiger partial charge in [-0.05, 0) is 39.8 Å². The minimum Gasteiger partial charge on any atom is -0.473 e. The zero-order chi connectivity index (χ0) is 19.8. The fourth-order valence-electron chi connectivity index (χ4n) is 4.13. The molecule has 1 fully saturated rings. The lowest BCUT2D eigenvalue weighted by molar-refractivity contribution is 0.0524. The SMILES string of the molecule is CC1(C)CC(Oc2ccc(-c3ccc(-c4cn[nH]c4)cn3)nn2)CC(C)(C)N1. The number of piperidine rings is 1. The first kappa shape index (κ1) is 18.6. The van der Waals surface area contributed by atoms with E-state index >= 15 is 0 Å². The Bertz CT molecular complexity index is 901. The number of ether oxygens (including phenoxy) is 1. The minimum atomic E-state index is 0.0282. The first-order valence-corrected chi connectivity index (χ1v) is 9.55. The Morgan fingerprint density at radius 3 is 2.21 bits per heavy atom. The summed E-state index contributed by atoms with van der Waals surface area (Å²) >= 11 is 0. The number of hydrogen-bond acceptors (Lipinski definition) is 6. The summed E-state index contributed by atoms with van der Waals surface area (Å²) < 4.78 is 6.14. The summed E-state index contributed by atoms with van der Waals surface area (Å²) in [5.41, 5.74) is 3.55. The van der Waals surface area contributed by atoms with Crippen molar-refractivity contribution in [2.45, 2.75) is 57.7 Å². The van der Waals surface area contributed by atoms with Crippen LogP contribution in [-0.4, -0.2) is 42.6 Å². The highest BCUT2D eigenvalue weighted by Gasteiger charge is 2.38. The molecule has 2 N–H and O–H groups in total. The van der Waals surface area contributed by atoms with Gasteiger partial charge in [0.15, 0.2) is 0 Å². The molecule has 28 heavy (non-hydrogen) atoms. The molecular weight excluding hydrogens is 352 g/mol. The molecule has 1 aliphatic heterocycles. The second-order valence-electron chi connectivity index (χ2n) is 8.72. The Labute approximate surface area is 165 Å². The van der Waals surface area contributed by atoms with Gasteiger partial charge >= 0.3 is 0 Å². The van der Waals surface area contributed by atoms with Crippen molar-refractivity contribution < 1.29 is 4.74 Å². The standard InChI is InChI=1S/C21H26N6O/c1-20(2)9-16(10-21(3,4)27-20)28-19-8-7-18(25-26-19)17-6-5-14(11-22-17)15-12-23-24-13-15/h5-8,11-13,16,27H,9-10H2,1-4H3,(H,23,24). The van der Waals surface area contributed by atoms with Crippen LogP contribution in [0.3, 0.4) is 0 Å². The highest BCUT2D eigenvalue weighted by atomic mass is 16.5. The molecular formula is C21H26N6O. The third-order valence-corrected chi connectivity index (χ3v) is 4.94. The van der Waals surface area contributed by atoms with Crippen molar-refractivity contribution >= 4 is 0 Å². The molecule has 7 heteroatoms. The van der Waals surface area contributed by atoms with Gasteiger partial charge in [0.25, 0.3) is 0 Å². The topological polar surface area (TPSA) is 88.6 Å². The third kappa shape index (κ3) is 4.20. The van der Waals surface area contributed by atoms with E-state index in [1.54, 1.807) is 6.20 Å². The molecule has 0 bridgehead atoms. The van der Waals surface area contributed by atoms with Crippen LogP contribution < -0.4 is 10.1 Å². The van der Waals surface area contributed by atoms with Crippen molar-refractivity contribution in [2.24, 2.45) is 0 Å². The molecule has 4 heterocycles. The maximum absolute atomic E-state index is 6.14. The number of H-pyrrole nitrogens is 1. The van der Waals surface area contributed by atoms with Crippen LogP contribution in [0.4, 0.5) is 0 Å². The molecule has 0 aliphatic carbocycles. The second-order valence-corrected chi connectivity index (χ2v) is 8.72. The Hall–Kier alpha value is -2.80. The third-order valence-electron chi connectivity index (χ3n) is 4.94. The number of hydrogen-bond donors (Lipinski definition) is 2. The predicted molar refractivity (Wildman–Crippen MR) is 108 cm³/mol. The number of pyridine rings is 1. The Balaban J connectivity index is 1.45. The van der Waals surface area contributed by atoms with Gasteiger partial charge in [-0.1, -0.05) is 6.07 Å². The highest BCUT2D eigenvalue weighted by molar-refractivity contribution is 5.64. The number of nitrogens with zero attached hydrogens (tertiary/aromatic N) is 4. The van der Waals surface area contributed by atoms with E-state index in [0.717, 1.165) is 35.4 Å². The predicted octanol–water partition coefficient (Wildman–Crippen LogP) is 3.62. The van der Waals surface area contributed by atoms with Crippen molar-refractivity contribution in [3.63, 3.8) is 0 Å². The number of nitrogens with one attached hydrogen (secondary N) is 2. The largest absolute Gasteiger partial charge is 0.473 e. The molecule has 0 aromatic carbocycles. The number of rotatable bonds is 4. The monoisotopic (exact) mass is 378 g/mol. The lowest BCUT2D eigenvalue weighted by Crippen LogP contribution is -2.60. The lowest BCUT2D eigenvalue weighted by atomic mass is 9.81. The maximum Gasteiger partial charge on any atom is 0.233 e. The van der Waals surface area contributed by atoms with Gasteiger partial charge in [-0.2, -0.15) is 5.10 Å². The molecule has 1 aliphatic rings. The van der Waals surface area contributed by atoms with E-state index < -0.39 is 0 Å². The van der Waals surface area contributed by atoms with Gasteiger partial charge in [0, 0.05) is 53.5 Å². The summed E-state index contributed by atoms with van der Waals surface area (Å²) in [5, 5.41) is 19.0. The quantitative estimate of drug-likeness (QED) is 0.721. The molecule has 3 aromatic heterocycles. The van der Waals surface area contributed by atoms with Gasteiger partial charge in [0.05, 0.1) is 11.9 Å². The van der Waals surface area contributed by atoms with E-state index in [2.05, 4.69) is 58.4 Å². The van der Waals surface area contributed by atoms with E-state index in [4.69, 9.17) is 4.74 Å². The summed E-state index contributed by atoms with van der Waals surface area (Å²) in [7, 11) is 0. The van der Waals surface area contributed by atoms with Crippen molar-refractivity contribution in [3.8, 4) is 28.4 Å². The van der Waals surface area contributed by atoms with Gasteiger partial charge in [0.2, 0.25) is 5.88 Å². The molecule has 0 atom stereocenters. The lowest BCUT2D eigenvalue weighted by Gasteiger charge is -2.46. The van der Waals surface area contributed by atoms with Crippen LogP contribution in [-0.2, 0) is 0 Å². The van der Waals surface area contributed by atoms with Crippen molar-refractivity contribution in [2.75, 3.05) is 0 Å². The maximum atomic E-state index is 6.14. The van der Waals surface area contributed by atoms with E-state index in [0.29, 0.717) is 5.88 Å². The average molecular weight is 378 g/mol. The summed E-state index contributed by atoms with van der Waals surface area (Å²) in [4.78, 5) is 4.50. The van der Waals surface area contributed by atoms with Crippen LogP contribution in [0.5, 0.6) is 5.88 Å². The van der Waals surface area contributed by atoms with Crippen LogP contribution in [0.1, 0.15) is 40.5 Å². The molecule has 4 rings (SSSR count). The van der Waals surface area contributed by atoms with Crippen LogP contribution in [0, 0.1) is 0 Å². The molecule has 0 radical (unpaired) electrons. The summed E-state index contributed by atoms with van der Waals surface area (Å²) in [6.07, 6.45) is 7.38. The second kappa shape index (κ2) is 6.98. The minimum absolute atomic E-state index is 0.0282. The fraction of sp³-hybridized carbons (Fsp3) is 0.429. The highest BCUT2D eigenvalue weighted by Crippen LogP contribution is 2.31. The normalized spacial score (nSPS) is 18.7. The zero-order valence-electron chi connectivity index (χ0n) is 16.7. The Morgan fingerprint density at radius 1 is 0.893 bits per heavy atom. The summed E-state index contributed by atoms with van der Waals surface area (Å²) in [6.45, 7) is 8.83. The molecule has 0 saturated carbocycles. The van der Waals surface area contributed by atoms with Crippen LogP contribution in [0.25, 0.3) is 22.5 Å². The van der Waals surface area contributed by atoms with Gasteiger partial charge in [-0.3, -0.25) is 10.1 Å². The van der Waals surface area contributed by atoms with Crippen LogP contribution in [0.15, 0.2) is 42.9 Å². The van der Waals surface area contributed by atoms with Gasteiger partial charge in [0.1, 0.15) is 11.8 Å². The molecule has 7 nitrogen and oxygen atoms in total. The van der Waals surface area contributed by atoms with Crippen molar-refractivity contribution in [3.05, 3.63) is 42.9 Å². The van der Waals surface area contributed by atoms with Gasteiger partial charge in [-0.15, -0.1) is 10.2 Å². The Kier molecular flexibility index (Phi) is 4.63. The van der Waals surface area contributed by atoms with Crippen LogP contribution in [0.2, 0.25) is 0 Å². The average Bonchev–Trinajstić information content (AvgIpc) is 3.14. The smallest absolute Gasteiger partial charge is 0.233 e. The molecule has 0 spiro atoms. The molecule has 0 unspecified atom stereocenters. The van der Waals surface area contributed by atoms with E-state index in [9.17, 15) is 0 Å². The van der Waals surface area contributed by atoms with Gasteiger partial charge < -0.3 is 10.1 Å². The first-order chi connectivity index (χ1) is 13.3. The molecule has 1 saturated heterocycles.